The fraction of sp³-hybridized carbons (Fsp3) is 0.417. The average Bonchev–Trinajstić information content (AvgIpc) is 3.26. The number of halogens is 2. The minimum Gasteiger partial charge on any atom is -0.382 e. The Morgan fingerprint density at radius 1 is 1.36 bits per heavy atom. The van der Waals surface area contributed by atoms with Gasteiger partial charge in [-0.1, -0.05) is 12.1 Å². The third-order valence-corrected chi connectivity index (χ3v) is 3.76. The maximum absolute atomic E-state index is 13.0. The van der Waals surface area contributed by atoms with Gasteiger partial charge >= 0.3 is 21.3 Å². The fourth-order valence-electron chi connectivity index (χ4n) is 1.56. The summed E-state index contributed by atoms with van der Waals surface area (Å²) in [6.07, 6.45) is 0.210. The molecule has 1 saturated heterocycles. The fourth-order valence-corrected chi connectivity index (χ4v) is 1.87. The van der Waals surface area contributed by atoms with Crippen molar-refractivity contribution >= 4 is 21.7 Å². The van der Waals surface area contributed by atoms with Crippen molar-refractivity contribution in [3.8, 4) is 0 Å². The molecule has 122 valence electrons. The Hall–Kier alpha value is -1.78. The first-order valence-electron chi connectivity index (χ1n) is 6.28. The molecule has 0 bridgehead atoms. The SMILES string of the molecule is O=C(NCc1ccc(NCC2CO2)cc1)C(F)(F)S(=O)(=O)O. The molecule has 1 atom stereocenters. The summed E-state index contributed by atoms with van der Waals surface area (Å²) < 4.78 is 60.1. The van der Waals surface area contributed by atoms with Gasteiger partial charge in [0.25, 0.3) is 0 Å². The van der Waals surface area contributed by atoms with Gasteiger partial charge in [-0.05, 0) is 17.7 Å². The van der Waals surface area contributed by atoms with Gasteiger partial charge in [-0.3, -0.25) is 9.35 Å². The summed E-state index contributed by atoms with van der Waals surface area (Å²) in [4.78, 5) is 11.1. The number of hydrogen-bond acceptors (Lipinski definition) is 5. The predicted octanol–water partition coefficient (Wildman–Crippen LogP) is 0.594. The number of alkyl halides is 2. The molecule has 1 aromatic rings. The zero-order valence-electron chi connectivity index (χ0n) is 11.3. The molecule has 2 rings (SSSR count). The number of benzene rings is 1. The van der Waals surface area contributed by atoms with Crippen molar-refractivity contribution in [2.24, 2.45) is 0 Å². The summed E-state index contributed by atoms with van der Waals surface area (Å²) in [5.41, 5.74) is 1.29. The summed E-state index contributed by atoms with van der Waals surface area (Å²) in [7, 11) is -5.79. The van der Waals surface area contributed by atoms with Crippen molar-refractivity contribution in [1.82, 2.24) is 5.32 Å². The molecule has 1 aromatic carbocycles. The molecular weight excluding hydrogens is 322 g/mol. The number of ether oxygens (including phenoxy) is 1. The molecule has 22 heavy (non-hydrogen) atoms. The minimum absolute atomic E-state index is 0.210. The number of amides is 1. The van der Waals surface area contributed by atoms with Crippen LogP contribution >= 0.6 is 0 Å². The number of hydrogen-bond donors (Lipinski definition) is 3. The summed E-state index contributed by atoms with van der Waals surface area (Å²) in [5.74, 6) is -2.08. The molecule has 0 saturated carbocycles. The summed E-state index contributed by atoms with van der Waals surface area (Å²) >= 11 is 0. The minimum atomic E-state index is -5.79. The van der Waals surface area contributed by atoms with Crippen LogP contribution in [0, 0.1) is 0 Å². The van der Waals surface area contributed by atoms with Crippen molar-refractivity contribution in [3.05, 3.63) is 29.8 Å². The lowest BCUT2D eigenvalue weighted by Gasteiger charge is -2.13. The molecule has 0 radical (unpaired) electrons. The number of carbonyl (C=O) groups is 1. The van der Waals surface area contributed by atoms with E-state index in [1.54, 1.807) is 29.6 Å². The van der Waals surface area contributed by atoms with Crippen LogP contribution in [0.2, 0.25) is 0 Å². The topological polar surface area (TPSA) is 108 Å². The van der Waals surface area contributed by atoms with E-state index in [4.69, 9.17) is 9.29 Å². The van der Waals surface area contributed by atoms with E-state index in [1.807, 2.05) is 0 Å². The maximum Gasteiger partial charge on any atom is 0.446 e. The van der Waals surface area contributed by atoms with Crippen molar-refractivity contribution < 1.29 is 31.3 Å². The van der Waals surface area contributed by atoms with Gasteiger partial charge in [0.2, 0.25) is 0 Å². The van der Waals surface area contributed by atoms with Gasteiger partial charge in [0, 0.05) is 18.8 Å². The van der Waals surface area contributed by atoms with Gasteiger partial charge in [0.05, 0.1) is 12.7 Å². The number of carbonyl (C=O) groups excluding carboxylic acids is 1. The normalized spacial score (nSPS) is 17.9. The Balaban J connectivity index is 1.87. The molecule has 3 N–H and O–H groups in total. The lowest BCUT2D eigenvalue weighted by molar-refractivity contribution is -0.136. The number of nitrogens with one attached hydrogen (secondary N) is 2. The Morgan fingerprint density at radius 3 is 2.45 bits per heavy atom. The van der Waals surface area contributed by atoms with Crippen molar-refractivity contribution in [1.29, 1.82) is 0 Å². The second-order valence-electron chi connectivity index (χ2n) is 4.71. The Bertz CT molecular complexity index is 644. The van der Waals surface area contributed by atoms with E-state index in [-0.39, 0.29) is 12.6 Å². The molecule has 0 aliphatic carbocycles. The highest BCUT2D eigenvalue weighted by molar-refractivity contribution is 7.87. The van der Waals surface area contributed by atoms with Crippen LogP contribution in [0.15, 0.2) is 24.3 Å². The van der Waals surface area contributed by atoms with E-state index in [0.717, 1.165) is 12.3 Å². The van der Waals surface area contributed by atoms with E-state index < -0.39 is 21.3 Å². The van der Waals surface area contributed by atoms with Gasteiger partial charge in [-0.15, -0.1) is 0 Å². The monoisotopic (exact) mass is 336 g/mol. The standard InChI is InChI=1S/C12H14F2N2O5S/c13-12(14,22(18,19)20)11(17)16-5-8-1-3-9(4-2-8)15-6-10-7-21-10/h1-4,10,15H,5-7H2,(H,16,17)(H,18,19,20). The Morgan fingerprint density at radius 2 is 1.95 bits per heavy atom. The van der Waals surface area contributed by atoms with E-state index in [0.29, 0.717) is 12.1 Å². The smallest absolute Gasteiger partial charge is 0.382 e. The highest BCUT2D eigenvalue weighted by atomic mass is 32.2. The highest BCUT2D eigenvalue weighted by Crippen LogP contribution is 2.20. The molecule has 10 heteroatoms. The van der Waals surface area contributed by atoms with Crippen LogP contribution in [0.5, 0.6) is 0 Å². The summed E-state index contributed by atoms with van der Waals surface area (Å²) in [6.45, 7) is 1.09. The highest BCUT2D eigenvalue weighted by Gasteiger charge is 2.52. The third kappa shape index (κ3) is 4.12. The predicted molar refractivity (Wildman–Crippen MR) is 73.0 cm³/mol. The van der Waals surface area contributed by atoms with E-state index in [2.05, 4.69) is 5.32 Å². The van der Waals surface area contributed by atoms with Crippen LogP contribution in [-0.4, -0.2) is 43.4 Å². The van der Waals surface area contributed by atoms with E-state index in [1.165, 1.54) is 0 Å². The van der Waals surface area contributed by atoms with Crippen LogP contribution in [0.3, 0.4) is 0 Å². The van der Waals surface area contributed by atoms with Crippen LogP contribution in [0.1, 0.15) is 5.56 Å². The first kappa shape index (κ1) is 16.6. The lowest BCUT2D eigenvalue weighted by atomic mass is 10.2. The van der Waals surface area contributed by atoms with Crippen LogP contribution in [-0.2, 0) is 26.2 Å². The number of rotatable bonds is 7. The van der Waals surface area contributed by atoms with E-state index in [9.17, 15) is 22.0 Å². The molecule has 1 aliphatic heterocycles. The van der Waals surface area contributed by atoms with Crippen LogP contribution in [0.25, 0.3) is 0 Å². The molecule has 1 heterocycles. The number of anilines is 1. The van der Waals surface area contributed by atoms with Gasteiger partial charge in [-0.2, -0.15) is 17.2 Å². The lowest BCUT2D eigenvalue weighted by Crippen LogP contribution is -2.45. The van der Waals surface area contributed by atoms with Crippen LogP contribution < -0.4 is 10.6 Å². The van der Waals surface area contributed by atoms with E-state index >= 15 is 0 Å². The van der Waals surface area contributed by atoms with Gasteiger partial charge in [-0.25, -0.2) is 0 Å². The maximum atomic E-state index is 13.0. The Labute approximate surface area is 125 Å². The summed E-state index contributed by atoms with van der Waals surface area (Å²) in [5, 5.41) is -0.0212. The molecular formula is C12H14F2N2O5S. The second-order valence-corrected chi connectivity index (χ2v) is 6.17. The first-order chi connectivity index (χ1) is 10.2. The molecule has 0 spiro atoms. The zero-order chi connectivity index (χ0) is 16.4. The second kappa shape index (κ2) is 6.15. The van der Waals surface area contributed by atoms with Gasteiger partial charge in [0.15, 0.2) is 0 Å². The number of epoxide rings is 1. The zero-order valence-corrected chi connectivity index (χ0v) is 12.1. The third-order valence-electron chi connectivity index (χ3n) is 2.93. The molecule has 1 aliphatic rings. The molecule has 1 fully saturated rings. The molecule has 0 aromatic heterocycles. The molecule has 1 unspecified atom stereocenters. The molecule has 7 nitrogen and oxygen atoms in total. The van der Waals surface area contributed by atoms with Gasteiger partial charge in [0.1, 0.15) is 0 Å². The van der Waals surface area contributed by atoms with Gasteiger partial charge < -0.3 is 15.4 Å². The average molecular weight is 336 g/mol. The quantitative estimate of drug-likeness (QED) is 0.497. The van der Waals surface area contributed by atoms with Crippen molar-refractivity contribution in [3.63, 3.8) is 0 Å². The summed E-state index contributed by atoms with van der Waals surface area (Å²) in [6, 6.07) is 6.54. The Kier molecular flexibility index (Phi) is 4.63. The van der Waals surface area contributed by atoms with Crippen LogP contribution in [0.4, 0.5) is 14.5 Å². The van der Waals surface area contributed by atoms with Crippen molar-refractivity contribution in [2.45, 2.75) is 17.9 Å². The van der Waals surface area contributed by atoms with Crippen molar-refractivity contribution in [2.75, 3.05) is 18.5 Å². The first-order valence-corrected chi connectivity index (χ1v) is 7.72. The molecule has 1 amide bonds. The largest absolute Gasteiger partial charge is 0.446 e.